The second kappa shape index (κ2) is 10.9. The maximum Gasteiger partial charge on any atom is 0.410 e. The van der Waals surface area contributed by atoms with Crippen LogP contribution in [-0.4, -0.2) is 62.1 Å². The number of sulfone groups is 1. The number of benzene rings is 2. The minimum atomic E-state index is -3.49. The van der Waals surface area contributed by atoms with E-state index in [9.17, 15) is 13.2 Å². The highest BCUT2D eigenvalue weighted by atomic mass is 32.2. The van der Waals surface area contributed by atoms with Crippen LogP contribution < -0.4 is 0 Å². The molecule has 0 unspecified atom stereocenters. The molecule has 0 N–H and O–H groups in total. The molecule has 4 rings (SSSR count). The fourth-order valence-corrected chi connectivity index (χ4v) is 6.68. The van der Waals surface area contributed by atoms with Gasteiger partial charge in [0.05, 0.1) is 9.79 Å². The summed E-state index contributed by atoms with van der Waals surface area (Å²) in [6.07, 6.45) is 5.08. The van der Waals surface area contributed by atoms with E-state index in [2.05, 4.69) is 4.90 Å². The molecule has 7 heteroatoms. The second-order valence-corrected chi connectivity index (χ2v) is 13.3. The first-order chi connectivity index (χ1) is 17.0. The first-order valence-corrected chi connectivity index (χ1v) is 14.6. The minimum Gasteiger partial charge on any atom is -0.444 e. The van der Waals surface area contributed by atoms with Gasteiger partial charge in [0.1, 0.15) is 5.60 Å². The van der Waals surface area contributed by atoms with Gasteiger partial charge in [0.25, 0.3) is 0 Å². The molecule has 2 aromatic rings. The average molecular weight is 513 g/mol. The van der Waals surface area contributed by atoms with Crippen molar-refractivity contribution in [2.75, 3.05) is 26.2 Å². The van der Waals surface area contributed by atoms with E-state index >= 15 is 0 Å². The first kappa shape index (κ1) is 26.7. The Morgan fingerprint density at radius 2 is 1.56 bits per heavy atom. The van der Waals surface area contributed by atoms with Gasteiger partial charge in [0, 0.05) is 19.1 Å². The van der Waals surface area contributed by atoms with Gasteiger partial charge in [0.15, 0.2) is 0 Å². The fourth-order valence-electron chi connectivity index (χ4n) is 5.32. The molecule has 0 aromatic heterocycles. The largest absolute Gasteiger partial charge is 0.444 e. The van der Waals surface area contributed by atoms with E-state index in [0.717, 1.165) is 63.8 Å². The lowest BCUT2D eigenvalue weighted by atomic mass is 9.88. The van der Waals surface area contributed by atoms with E-state index in [1.54, 1.807) is 30.3 Å². The van der Waals surface area contributed by atoms with Gasteiger partial charge in [-0.2, -0.15) is 0 Å². The molecular formula is C29H40N2O4S. The zero-order valence-electron chi connectivity index (χ0n) is 22.1. The van der Waals surface area contributed by atoms with Crippen molar-refractivity contribution in [3.05, 3.63) is 59.7 Å². The van der Waals surface area contributed by atoms with Gasteiger partial charge in [-0.25, -0.2) is 13.2 Å². The normalized spacial score (nSPS) is 18.8. The minimum absolute atomic E-state index is 0.197. The number of hydrogen-bond donors (Lipinski definition) is 0. The summed E-state index contributed by atoms with van der Waals surface area (Å²) in [7, 11) is -3.49. The van der Waals surface area contributed by atoms with Crippen LogP contribution in [0, 0.1) is 12.8 Å². The molecule has 0 radical (unpaired) electrons. The third-order valence-electron chi connectivity index (χ3n) is 7.34. The highest BCUT2D eigenvalue weighted by Crippen LogP contribution is 2.28. The van der Waals surface area contributed by atoms with Crippen molar-refractivity contribution in [2.45, 2.75) is 81.2 Å². The number of nitrogens with zero attached hydrogens (tertiary/aromatic N) is 2. The van der Waals surface area contributed by atoms with Crippen molar-refractivity contribution in [1.82, 2.24) is 9.80 Å². The van der Waals surface area contributed by atoms with Crippen LogP contribution in [0.3, 0.4) is 0 Å². The number of amides is 1. The summed E-state index contributed by atoms with van der Waals surface area (Å²) >= 11 is 0. The summed E-state index contributed by atoms with van der Waals surface area (Å²) in [6.45, 7) is 11.3. The highest BCUT2D eigenvalue weighted by Gasteiger charge is 2.31. The molecule has 1 amide bonds. The lowest BCUT2D eigenvalue weighted by Gasteiger charge is -2.42. The van der Waals surface area contributed by atoms with Crippen LogP contribution in [0.15, 0.2) is 58.3 Å². The van der Waals surface area contributed by atoms with Crippen molar-refractivity contribution in [1.29, 1.82) is 0 Å². The van der Waals surface area contributed by atoms with Gasteiger partial charge >= 0.3 is 6.09 Å². The summed E-state index contributed by atoms with van der Waals surface area (Å²) in [6, 6.07) is 15.1. The molecule has 0 spiro atoms. The standard InChI is InChI=1S/C29H40N2O4S/c1-22-6-5-7-27(20-22)36(33,34)26-10-8-23(9-11-26)21-24-12-16-30(17-13-24)25-14-18-31(19-15-25)28(32)35-29(2,3)4/h5-11,20,24-25H,12-19,21H2,1-4H3. The lowest BCUT2D eigenvalue weighted by molar-refractivity contribution is 0.0119. The number of carbonyl (C=O) groups is 1. The topological polar surface area (TPSA) is 66.9 Å². The third kappa shape index (κ3) is 6.68. The molecule has 36 heavy (non-hydrogen) atoms. The van der Waals surface area contributed by atoms with E-state index in [1.165, 1.54) is 5.56 Å². The summed E-state index contributed by atoms with van der Waals surface area (Å²) < 4.78 is 31.4. The van der Waals surface area contributed by atoms with Crippen molar-refractivity contribution in [2.24, 2.45) is 5.92 Å². The van der Waals surface area contributed by atoms with Crippen LogP contribution in [0.25, 0.3) is 0 Å². The maximum absolute atomic E-state index is 13.0. The van der Waals surface area contributed by atoms with Crippen molar-refractivity contribution in [3.8, 4) is 0 Å². The number of piperidine rings is 2. The Balaban J connectivity index is 1.25. The molecule has 196 valence electrons. The smallest absolute Gasteiger partial charge is 0.410 e. The zero-order valence-corrected chi connectivity index (χ0v) is 22.9. The number of ether oxygens (including phenoxy) is 1. The third-order valence-corrected chi connectivity index (χ3v) is 9.11. The molecule has 0 bridgehead atoms. The Morgan fingerprint density at radius 1 is 0.917 bits per heavy atom. The van der Waals surface area contributed by atoms with Gasteiger partial charge in [-0.15, -0.1) is 0 Å². The van der Waals surface area contributed by atoms with E-state index in [1.807, 2.05) is 50.8 Å². The van der Waals surface area contributed by atoms with Gasteiger partial charge in [-0.1, -0.05) is 24.3 Å². The average Bonchev–Trinajstić information content (AvgIpc) is 2.84. The summed E-state index contributed by atoms with van der Waals surface area (Å²) in [4.78, 5) is 17.5. The fraction of sp³-hybridized carbons (Fsp3) is 0.552. The molecule has 2 aromatic carbocycles. The lowest BCUT2D eigenvalue weighted by Crippen LogP contribution is -2.49. The molecule has 2 heterocycles. The molecule has 2 fully saturated rings. The van der Waals surface area contributed by atoms with Crippen LogP contribution in [0.4, 0.5) is 4.79 Å². The predicted octanol–water partition coefficient (Wildman–Crippen LogP) is 5.48. The van der Waals surface area contributed by atoms with Crippen molar-refractivity contribution >= 4 is 15.9 Å². The Hall–Kier alpha value is -2.38. The monoisotopic (exact) mass is 512 g/mol. The van der Waals surface area contributed by atoms with Crippen LogP contribution in [-0.2, 0) is 21.0 Å². The van der Waals surface area contributed by atoms with Gasteiger partial charge in [-0.05, 0) is 114 Å². The highest BCUT2D eigenvalue weighted by molar-refractivity contribution is 7.91. The predicted molar refractivity (Wildman–Crippen MR) is 142 cm³/mol. The van der Waals surface area contributed by atoms with E-state index in [0.29, 0.717) is 21.8 Å². The Morgan fingerprint density at radius 3 is 2.14 bits per heavy atom. The molecule has 2 aliphatic rings. The number of rotatable bonds is 5. The maximum atomic E-state index is 13.0. The van der Waals surface area contributed by atoms with Crippen LogP contribution in [0.2, 0.25) is 0 Å². The van der Waals surface area contributed by atoms with Gasteiger partial charge in [-0.3, -0.25) is 0 Å². The first-order valence-electron chi connectivity index (χ1n) is 13.1. The number of carbonyl (C=O) groups excluding carboxylic acids is 1. The number of aryl methyl sites for hydroxylation is 1. The molecule has 0 atom stereocenters. The van der Waals surface area contributed by atoms with Crippen LogP contribution >= 0.6 is 0 Å². The second-order valence-electron chi connectivity index (χ2n) is 11.3. The Bertz CT molecular complexity index is 1140. The molecule has 2 aliphatic heterocycles. The van der Waals surface area contributed by atoms with Crippen molar-refractivity contribution in [3.63, 3.8) is 0 Å². The van der Waals surface area contributed by atoms with Crippen molar-refractivity contribution < 1.29 is 17.9 Å². The van der Waals surface area contributed by atoms with Gasteiger partial charge < -0.3 is 14.5 Å². The van der Waals surface area contributed by atoms with Gasteiger partial charge in [0.2, 0.25) is 9.84 Å². The van der Waals surface area contributed by atoms with Crippen LogP contribution in [0.1, 0.15) is 57.6 Å². The molecule has 0 saturated carbocycles. The van der Waals surface area contributed by atoms with E-state index in [-0.39, 0.29) is 6.09 Å². The van der Waals surface area contributed by atoms with Crippen LogP contribution in [0.5, 0.6) is 0 Å². The zero-order chi connectivity index (χ0) is 25.9. The Labute approximate surface area is 216 Å². The number of likely N-dealkylation sites (tertiary alicyclic amines) is 2. The molecular weight excluding hydrogens is 472 g/mol. The molecule has 2 saturated heterocycles. The summed E-state index contributed by atoms with van der Waals surface area (Å²) in [5.41, 5.74) is 1.68. The Kier molecular flexibility index (Phi) is 8.10. The van der Waals surface area contributed by atoms with E-state index in [4.69, 9.17) is 4.74 Å². The summed E-state index contributed by atoms with van der Waals surface area (Å²) in [5.74, 6) is 0.613. The number of hydrogen-bond acceptors (Lipinski definition) is 5. The van der Waals surface area contributed by atoms with E-state index < -0.39 is 15.4 Å². The quantitative estimate of drug-likeness (QED) is 0.531. The molecule has 6 nitrogen and oxygen atoms in total. The summed E-state index contributed by atoms with van der Waals surface area (Å²) in [5, 5.41) is 0. The molecule has 0 aliphatic carbocycles. The SMILES string of the molecule is Cc1cccc(S(=O)(=O)c2ccc(CC3CCN(C4CCN(C(=O)OC(C)(C)C)CC4)CC3)cc2)c1.